The van der Waals surface area contributed by atoms with Crippen molar-refractivity contribution in [2.45, 2.75) is 32.1 Å². The SMILES string of the molecule is CCc1cc(N2CCN(c3nc4sccn4c3C#N)CC2)nc(C2CC2)n1. The number of thiazole rings is 1. The first-order chi connectivity index (χ1) is 13.3. The van der Waals surface area contributed by atoms with Crippen molar-refractivity contribution in [3.8, 4) is 6.07 Å². The quantitative estimate of drug-likeness (QED) is 0.694. The van der Waals surface area contributed by atoms with Gasteiger partial charge in [0.25, 0.3) is 0 Å². The maximum absolute atomic E-state index is 9.57. The van der Waals surface area contributed by atoms with Crippen LogP contribution in [0.2, 0.25) is 0 Å². The predicted octanol–water partition coefficient (Wildman–Crippen LogP) is 2.82. The Morgan fingerprint density at radius 2 is 1.93 bits per heavy atom. The van der Waals surface area contributed by atoms with Crippen LogP contribution in [0, 0.1) is 11.3 Å². The van der Waals surface area contributed by atoms with E-state index in [1.807, 2.05) is 16.0 Å². The molecule has 2 aliphatic rings. The Kier molecular flexibility index (Phi) is 3.97. The predicted molar refractivity (Wildman–Crippen MR) is 106 cm³/mol. The summed E-state index contributed by atoms with van der Waals surface area (Å²) in [5, 5.41) is 11.5. The molecule has 0 bridgehead atoms. The van der Waals surface area contributed by atoms with Crippen LogP contribution in [0.1, 0.15) is 42.9 Å². The molecule has 8 heteroatoms. The van der Waals surface area contributed by atoms with E-state index in [0.29, 0.717) is 11.6 Å². The number of nitrogens with zero attached hydrogens (tertiary/aromatic N) is 7. The molecule has 5 rings (SSSR count). The van der Waals surface area contributed by atoms with Gasteiger partial charge in [0.15, 0.2) is 16.5 Å². The first-order valence-corrected chi connectivity index (χ1v) is 10.4. The molecule has 1 saturated carbocycles. The number of piperazine rings is 1. The van der Waals surface area contributed by atoms with Gasteiger partial charge in [0.2, 0.25) is 0 Å². The Hall–Kier alpha value is -2.66. The summed E-state index contributed by atoms with van der Waals surface area (Å²) in [6, 6.07) is 4.45. The minimum atomic E-state index is 0.563. The zero-order valence-corrected chi connectivity index (χ0v) is 16.1. The molecule has 0 amide bonds. The Bertz CT molecular complexity index is 1020. The number of fused-ring (bicyclic) bond motifs is 1. The zero-order chi connectivity index (χ0) is 18.4. The molecule has 0 aromatic carbocycles. The van der Waals surface area contributed by atoms with E-state index in [1.54, 1.807) is 11.3 Å². The maximum atomic E-state index is 9.57. The summed E-state index contributed by atoms with van der Waals surface area (Å²) in [7, 11) is 0. The summed E-state index contributed by atoms with van der Waals surface area (Å²) in [4.78, 5) is 19.7. The van der Waals surface area contributed by atoms with Crippen molar-refractivity contribution in [1.82, 2.24) is 19.4 Å². The minimum Gasteiger partial charge on any atom is -0.353 e. The van der Waals surface area contributed by atoms with Crippen molar-refractivity contribution >= 4 is 27.9 Å². The molecule has 27 heavy (non-hydrogen) atoms. The van der Waals surface area contributed by atoms with Crippen LogP contribution >= 0.6 is 11.3 Å². The van der Waals surface area contributed by atoms with Gasteiger partial charge in [-0.2, -0.15) is 10.2 Å². The third-order valence-corrected chi connectivity index (χ3v) is 6.10. The van der Waals surface area contributed by atoms with Gasteiger partial charge in [-0.25, -0.2) is 9.97 Å². The molecular formula is C19H21N7S. The van der Waals surface area contributed by atoms with E-state index in [-0.39, 0.29) is 0 Å². The molecule has 138 valence electrons. The molecule has 0 radical (unpaired) electrons. The molecular weight excluding hydrogens is 358 g/mol. The van der Waals surface area contributed by atoms with Gasteiger partial charge < -0.3 is 9.80 Å². The largest absolute Gasteiger partial charge is 0.353 e. The second kappa shape index (κ2) is 6.50. The standard InChI is InChI=1S/C19H21N7S/c1-2-14-11-16(22-17(21-14)13-3-4-13)24-5-7-25(8-6-24)18-15(12-20)26-9-10-27-19(26)23-18/h9-11,13H,2-8H2,1H3. The number of aryl methyl sites for hydroxylation is 1. The Morgan fingerprint density at radius 1 is 1.15 bits per heavy atom. The van der Waals surface area contributed by atoms with Crippen LogP contribution in [0.4, 0.5) is 11.6 Å². The number of imidazole rings is 1. The smallest absolute Gasteiger partial charge is 0.196 e. The van der Waals surface area contributed by atoms with Gasteiger partial charge in [0.05, 0.1) is 0 Å². The molecule has 0 atom stereocenters. The lowest BCUT2D eigenvalue weighted by molar-refractivity contribution is 0.638. The lowest BCUT2D eigenvalue weighted by atomic mass is 10.2. The van der Waals surface area contributed by atoms with Crippen LogP contribution in [0.3, 0.4) is 0 Å². The molecule has 1 aliphatic heterocycles. The van der Waals surface area contributed by atoms with E-state index in [2.05, 4.69) is 33.8 Å². The molecule has 3 aromatic rings. The zero-order valence-electron chi connectivity index (χ0n) is 15.3. The average molecular weight is 379 g/mol. The van der Waals surface area contributed by atoms with Crippen molar-refractivity contribution in [3.05, 3.63) is 34.9 Å². The van der Waals surface area contributed by atoms with Gasteiger partial charge in [-0.15, -0.1) is 11.3 Å². The fourth-order valence-corrected chi connectivity index (χ4v) is 4.33. The lowest BCUT2D eigenvalue weighted by Crippen LogP contribution is -2.47. The number of aromatic nitrogens is 4. The normalized spacial score (nSPS) is 17.5. The average Bonchev–Trinajstić information content (AvgIpc) is 3.37. The Morgan fingerprint density at radius 3 is 2.63 bits per heavy atom. The van der Waals surface area contributed by atoms with Gasteiger partial charge in [-0.05, 0) is 19.3 Å². The fraction of sp³-hybridized carbons (Fsp3) is 0.474. The second-order valence-corrected chi connectivity index (χ2v) is 8.00. The van der Waals surface area contributed by atoms with Crippen LogP contribution in [-0.4, -0.2) is 45.5 Å². The van der Waals surface area contributed by atoms with Crippen molar-refractivity contribution in [3.63, 3.8) is 0 Å². The number of anilines is 2. The molecule has 3 aromatic heterocycles. The van der Waals surface area contributed by atoms with Gasteiger partial charge in [0, 0.05) is 55.4 Å². The Balaban J connectivity index is 1.36. The van der Waals surface area contributed by atoms with Gasteiger partial charge >= 0.3 is 0 Å². The minimum absolute atomic E-state index is 0.563. The summed E-state index contributed by atoms with van der Waals surface area (Å²) >= 11 is 1.56. The summed E-state index contributed by atoms with van der Waals surface area (Å²) in [5.41, 5.74) is 1.76. The van der Waals surface area contributed by atoms with Crippen molar-refractivity contribution in [2.75, 3.05) is 36.0 Å². The van der Waals surface area contributed by atoms with E-state index < -0.39 is 0 Å². The highest BCUT2D eigenvalue weighted by molar-refractivity contribution is 7.15. The highest BCUT2D eigenvalue weighted by atomic mass is 32.1. The van der Waals surface area contributed by atoms with E-state index in [4.69, 9.17) is 9.97 Å². The van der Waals surface area contributed by atoms with Crippen molar-refractivity contribution in [2.24, 2.45) is 0 Å². The highest BCUT2D eigenvalue weighted by Crippen LogP contribution is 2.38. The van der Waals surface area contributed by atoms with Crippen molar-refractivity contribution < 1.29 is 0 Å². The summed E-state index contributed by atoms with van der Waals surface area (Å²) in [6.45, 7) is 5.57. The monoisotopic (exact) mass is 379 g/mol. The summed E-state index contributed by atoms with van der Waals surface area (Å²) < 4.78 is 1.88. The van der Waals surface area contributed by atoms with Crippen LogP contribution in [0.25, 0.3) is 4.96 Å². The molecule has 0 N–H and O–H groups in total. The number of rotatable bonds is 4. The molecule has 0 unspecified atom stereocenters. The summed E-state index contributed by atoms with van der Waals surface area (Å²) in [5.74, 6) is 3.44. The molecule has 4 heterocycles. The number of nitriles is 1. The number of hydrogen-bond acceptors (Lipinski definition) is 7. The van der Waals surface area contributed by atoms with Crippen LogP contribution < -0.4 is 9.80 Å². The summed E-state index contributed by atoms with van der Waals surface area (Å²) in [6.07, 6.45) is 5.29. The fourth-order valence-electron chi connectivity index (χ4n) is 3.62. The molecule has 1 saturated heterocycles. The van der Waals surface area contributed by atoms with E-state index >= 15 is 0 Å². The van der Waals surface area contributed by atoms with E-state index in [1.165, 1.54) is 12.8 Å². The van der Waals surface area contributed by atoms with E-state index in [9.17, 15) is 5.26 Å². The van der Waals surface area contributed by atoms with E-state index in [0.717, 1.165) is 60.7 Å². The van der Waals surface area contributed by atoms with Gasteiger partial charge in [0.1, 0.15) is 17.7 Å². The molecule has 0 spiro atoms. The lowest BCUT2D eigenvalue weighted by Gasteiger charge is -2.35. The number of hydrogen-bond donors (Lipinski definition) is 0. The van der Waals surface area contributed by atoms with Crippen LogP contribution in [0.15, 0.2) is 17.6 Å². The van der Waals surface area contributed by atoms with Crippen LogP contribution in [0.5, 0.6) is 0 Å². The molecule has 2 fully saturated rings. The first kappa shape index (κ1) is 16.5. The molecule has 1 aliphatic carbocycles. The van der Waals surface area contributed by atoms with Crippen LogP contribution in [-0.2, 0) is 6.42 Å². The van der Waals surface area contributed by atoms with Gasteiger partial charge in [-0.3, -0.25) is 4.40 Å². The Labute approximate surface area is 161 Å². The third-order valence-electron chi connectivity index (χ3n) is 5.34. The topological polar surface area (TPSA) is 73.3 Å². The molecule has 7 nitrogen and oxygen atoms in total. The first-order valence-electron chi connectivity index (χ1n) is 9.50. The van der Waals surface area contributed by atoms with Crippen molar-refractivity contribution in [1.29, 1.82) is 5.26 Å². The second-order valence-electron chi connectivity index (χ2n) is 7.13. The third kappa shape index (κ3) is 2.92. The maximum Gasteiger partial charge on any atom is 0.196 e. The van der Waals surface area contributed by atoms with Gasteiger partial charge in [-0.1, -0.05) is 6.92 Å². The highest BCUT2D eigenvalue weighted by Gasteiger charge is 2.29.